The molecule has 4 unspecified atom stereocenters. The predicted molar refractivity (Wildman–Crippen MR) is 69.5 cm³/mol. The van der Waals surface area contributed by atoms with E-state index < -0.39 is 5.97 Å². The average Bonchev–Trinajstić information content (AvgIpc) is 2.87. The molecule has 0 radical (unpaired) electrons. The maximum Gasteiger partial charge on any atom is 0.310 e. The molecule has 1 saturated carbocycles. The van der Waals surface area contributed by atoms with Gasteiger partial charge in [-0.15, -0.1) is 0 Å². The van der Waals surface area contributed by atoms with Gasteiger partial charge in [-0.2, -0.15) is 0 Å². The van der Waals surface area contributed by atoms with Crippen molar-refractivity contribution in [3.63, 3.8) is 0 Å². The van der Waals surface area contributed by atoms with Gasteiger partial charge in [0.25, 0.3) is 0 Å². The largest absolute Gasteiger partial charge is 0.481 e. The van der Waals surface area contributed by atoms with Gasteiger partial charge in [0, 0.05) is 12.1 Å². The van der Waals surface area contributed by atoms with Gasteiger partial charge in [-0.1, -0.05) is 26.2 Å². The first kappa shape index (κ1) is 13.8. The van der Waals surface area contributed by atoms with Crippen molar-refractivity contribution in [3.05, 3.63) is 0 Å². The number of carbonyl (C=O) groups is 1. The standard InChI is InChI=1S/C14H25NO3/c1-3-10-5-4-6-11(7-10)15(2)13-9-18-8-12(13)14(16)17/h10-13H,3-9H2,1-2H3,(H,16,17). The van der Waals surface area contributed by atoms with Gasteiger partial charge in [0.2, 0.25) is 0 Å². The predicted octanol–water partition coefficient (Wildman–Crippen LogP) is 1.99. The van der Waals surface area contributed by atoms with Crippen LogP contribution >= 0.6 is 0 Å². The molecule has 1 N–H and O–H groups in total. The molecule has 2 aliphatic rings. The van der Waals surface area contributed by atoms with E-state index in [1.165, 1.54) is 32.1 Å². The highest BCUT2D eigenvalue weighted by Gasteiger charge is 2.39. The van der Waals surface area contributed by atoms with E-state index in [4.69, 9.17) is 4.74 Å². The molecule has 4 heteroatoms. The summed E-state index contributed by atoms with van der Waals surface area (Å²) < 4.78 is 5.37. The minimum atomic E-state index is -0.716. The molecule has 4 atom stereocenters. The third-order valence-electron chi connectivity index (χ3n) is 4.80. The van der Waals surface area contributed by atoms with Gasteiger partial charge in [-0.25, -0.2) is 0 Å². The summed E-state index contributed by atoms with van der Waals surface area (Å²) in [6.07, 6.45) is 6.28. The lowest BCUT2D eigenvalue weighted by Gasteiger charge is -2.39. The topological polar surface area (TPSA) is 49.8 Å². The minimum absolute atomic E-state index is 0.0584. The molecular weight excluding hydrogens is 230 g/mol. The molecule has 0 aromatic heterocycles. The van der Waals surface area contributed by atoms with Crippen LogP contribution in [-0.2, 0) is 9.53 Å². The summed E-state index contributed by atoms with van der Waals surface area (Å²) in [7, 11) is 2.08. The Kier molecular flexibility index (Phi) is 4.62. The molecule has 0 aromatic carbocycles. The van der Waals surface area contributed by atoms with Crippen molar-refractivity contribution >= 4 is 5.97 Å². The van der Waals surface area contributed by atoms with Crippen molar-refractivity contribution in [2.75, 3.05) is 20.3 Å². The first-order valence-electron chi connectivity index (χ1n) is 7.16. The van der Waals surface area contributed by atoms with E-state index in [2.05, 4.69) is 18.9 Å². The molecule has 1 heterocycles. The van der Waals surface area contributed by atoms with Crippen molar-refractivity contribution < 1.29 is 14.6 Å². The van der Waals surface area contributed by atoms with Crippen molar-refractivity contribution in [2.45, 2.75) is 51.1 Å². The Morgan fingerprint density at radius 2 is 2.17 bits per heavy atom. The van der Waals surface area contributed by atoms with Crippen LogP contribution in [0.4, 0.5) is 0 Å². The number of carboxylic acids is 1. The fourth-order valence-electron chi connectivity index (χ4n) is 3.45. The summed E-state index contributed by atoms with van der Waals surface area (Å²) in [5, 5.41) is 9.22. The maximum absolute atomic E-state index is 11.2. The van der Waals surface area contributed by atoms with Crippen LogP contribution in [0.15, 0.2) is 0 Å². The third-order valence-corrected chi connectivity index (χ3v) is 4.80. The molecule has 2 rings (SSSR count). The SMILES string of the molecule is CCC1CCCC(N(C)C2COCC2C(=O)O)C1. The Morgan fingerprint density at radius 3 is 2.83 bits per heavy atom. The zero-order valence-corrected chi connectivity index (χ0v) is 11.5. The summed E-state index contributed by atoms with van der Waals surface area (Å²) in [5.74, 6) is -0.249. The fraction of sp³-hybridized carbons (Fsp3) is 0.929. The second-order valence-corrected chi connectivity index (χ2v) is 5.81. The number of aliphatic carboxylic acids is 1. The molecule has 1 saturated heterocycles. The molecular formula is C14H25NO3. The highest BCUT2D eigenvalue weighted by atomic mass is 16.5. The van der Waals surface area contributed by atoms with Crippen LogP contribution in [0.2, 0.25) is 0 Å². The monoisotopic (exact) mass is 255 g/mol. The van der Waals surface area contributed by atoms with Crippen molar-refractivity contribution in [2.24, 2.45) is 11.8 Å². The number of hydrogen-bond donors (Lipinski definition) is 1. The third kappa shape index (κ3) is 2.86. The summed E-state index contributed by atoms with van der Waals surface area (Å²) in [6, 6.07) is 0.598. The molecule has 0 aromatic rings. The highest BCUT2D eigenvalue weighted by molar-refractivity contribution is 5.71. The van der Waals surface area contributed by atoms with Crippen molar-refractivity contribution in [3.8, 4) is 0 Å². The summed E-state index contributed by atoms with van der Waals surface area (Å²) in [5.41, 5.74) is 0. The number of likely N-dealkylation sites (N-methyl/N-ethyl adjacent to an activating group) is 1. The van der Waals surface area contributed by atoms with Gasteiger partial charge in [0.15, 0.2) is 0 Å². The van der Waals surface area contributed by atoms with Gasteiger partial charge >= 0.3 is 5.97 Å². The van der Waals surface area contributed by atoms with Crippen LogP contribution in [-0.4, -0.2) is 48.3 Å². The summed E-state index contributed by atoms with van der Waals surface area (Å²) >= 11 is 0. The van der Waals surface area contributed by atoms with E-state index in [0.717, 1.165) is 5.92 Å². The van der Waals surface area contributed by atoms with Gasteiger partial charge in [-0.05, 0) is 25.8 Å². The van der Waals surface area contributed by atoms with E-state index in [0.29, 0.717) is 19.3 Å². The van der Waals surface area contributed by atoms with E-state index >= 15 is 0 Å². The van der Waals surface area contributed by atoms with Gasteiger partial charge in [0.05, 0.1) is 19.1 Å². The molecule has 1 aliphatic heterocycles. The van der Waals surface area contributed by atoms with Gasteiger partial charge in [0.1, 0.15) is 0 Å². The second kappa shape index (κ2) is 6.02. The lowest BCUT2D eigenvalue weighted by Crippen LogP contribution is -2.47. The zero-order chi connectivity index (χ0) is 13.1. The van der Waals surface area contributed by atoms with Crippen LogP contribution in [0, 0.1) is 11.8 Å². The Balaban J connectivity index is 1.97. The quantitative estimate of drug-likeness (QED) is 0.834. The first-order valence-corrected chi connectivity index (χ1v) is 7.16. The fourth-order valence-corrected chi connectivity index (χ4v) is 3.45. The van der Waals surface area contributed by atoms with Crippen molar-refractivity contribution in [1.29, 1.82) is 0 Å². The van der Waals surface area contributed by atoms with Crippen LogP contribution in [0.1, 0.15) is 39.0 Å². The normalized spacial score (nSPS) is 37.1. The Bertz CT molecular complexity index is 295. The van der Waals surface area contributed by atoms with Crippen LogP contribution in [0.25, 0.3) is 0 Å². The number of rotatable bonds is 4. The molecule has 0 bridgehead atoms. The highest BCUT2D eigenvalue weighted by Crippen LogP contribution is 2.32. The lowest BCUT2D eigenvalue weighted by molar-refractivity contribution is -0.143. The molecule has 2 fully saturated rings. The zero-order valence-electron chi connectivity index (χ0n) is 11.5. The second-order valence-electron chi connectivity index (χ2n) is 5.81. The summed E-state index contributed by atoms with van der Waals surface area (Å²) in [4.78, 5) is 13.5. The van der Waals surface area contributed by atoms with Gasteiger partial charge in [-0.3, -0.25) is 9.69 Å². The Hall–Kier alpha value is -0.610. The Labute approximate surface area is 109 Å². The van der Waals surface area contributed by atoms with E-state index in [9.17, 15) is 9.90 Å². The maximum atomic E-state index is 11.2. The molecule has 104 valence electrons. The van der Waals surface area contributed by atoms with Crippen molar-refractivity contribution in [1.82, 2.24) is 4.90 Å². The van der Waals surface area contributed by atoms with E-state index in [1.807, 2.05) is 0 Å². The van der Waals surface area contributed by atoms with Crippen LogP contribution < -0.4 is 0 Å². The number of hydrogen-bond acceptors (Lipinski definition) is 3. The molecule has 0 amide bonds. The Morgan fingerprint density at radius 1 is 1.39 bits per heavy atom. The molecule has 4 nitrogen and oxygen atoms in total. The van der Waals surface area contributed by atoms with E-state index in [1.54, 1.807) is 0 Å². The number of ether oxygens (including phenoxy) is 1. The van der Waals surface area contributed by atoms with Gasteiger partial charge < -0.3 is 9.84 Å². The smallest absolute Gasteiger partial charge is 0.310 e. The number of nitrogens with zero attached hydrogens (tertiary/aromatic N) is 1. The molecule has 1 aliphatic carbocycles. The molecule has 0 spiro atoms. The van der Waals surface area contributed by atoms with E-state index in [-0.39, 0.29) is 12.0 Å². The lowest BCUT2D eigenvalue weighted by atomic mass is 9.82. The van der Waals surface area contributed by atoms with Crippen LogP contribution in [0.5, 0.6) is 0 Å². The van der Waals surface area contributed by atoms with Crippen LogP contribution in [0.3, 0.4) is 0 Å². The molecule has 18 heavy (non-hydrogen) atoms. The summed E-state index contributed by atoms with van der Waals surface area (Å²) in [6.45, 7) is 3.20. The number of carboxylic acid groups (broad SMARTS) is 1. The first-order chi connectivity index (χ1) is 8.63. The average molecular weight is 255 g/mol. The minimum Gasteiger partial charge on any atom is -0.481 e.